The van der Waals surface area contributed by atoms with Gasteiger partial charge in [-0.15, -0.1) is 0 Å². The van der Waals surface area contributed by atoms with Crippen molar-refractivity contribution in [1.29, 1.82) is 0 Å². The van der Waals surface area contributed by atoms with Crippen molar-refractivity contribution in [1.82, 2.24) is 10.0 Å². The summed E-state index contributed by atoms with van der Waals surface area (Å²) in [5, 5.41) is 2.12. The number of hydrogen-bond acceptors (Lipinski definition) is 3. The number of carbonyl (C=O) groups is 1. The summed E-state index contributed by atoms with van der Waals surface area (Å²) >= 11 is 0. The van der Waals surface area contributed by atoms with Crippen LogP contribution in [-0.2, 0) is 10.0 Å². The molecule has 86 valence electrons. The number of nitrogens with one attached hydrogen (secondary N) is 2. The molecule has 5 nitrogen and oxygen atoms in total. The Kier molecular flexibility index (Phi) is 3.68. The number of rotatable bonds is 3. The van der Waals surface area contributed by atoms with E-state index in [4.69, 9.17) is 0 Å². The van der Waals surface area contributed by atoms with Gasteiger partial charge in [0.05, 0.1) is 4.90 Å². The Bertz CT molecular complexity index is 491. The van der Waals surface area contributed by atoms with E-state index in [1.807, 2.05) is 11.6 Å². The summed E-state index contributed by atoms with van der Waals surface area (Å²) in [5.74, 6) is 0. The van der Waals surface area contributed by atoms with E-state index in [2.05, 4.69) is 11.9 Å². The molecule has 1 aromatic rings. The second-order valence-corrected chi connectivity index (χ2v) is 4.78. The normalized spacial score (nSPS) is 10.6. The molecular formula is C10H12N2O3S. The highest BCUT2D eigenvalue weighted by molar-refractivity contribution is 7.90. The Morgan fingerprint density at radius 1 is 1.31 bits per heavy atom. The smallest absolute Gasteiger partial charge is 0.314 e. The lowest BCUT2D eigenvalue weighted by molar-refractivity contribution is 0.249. The van der Waals surface area contributed by atoms with Crippen LogP contribution in [-0.4, -0.2) is 14.4 Å². The maximum absolute atomic E-state index is 11.6. The summed E-state index contributed by atoms with van der Waals surface area (Å²) in [6, 6.07) is 5.33. The molecule has 0 fully saturated rings. The van der Waals surface area contributed by atoms with Gasteiger partial charge in [-0.1, -0.05) is 24.3 Å². The highest BCUT2D eigenvalue weighted by Gasteiger charge is 2.16. The number of sulfonamides is 1. The molecule has 1 aromatic carbocycles. The molecule has 6 heteroatoms. The summed E-state index contributed by atoms with van der Waals surface area (Å²) in [4.78, 5) is 11.1. The number of benzene rings is 1. The maximum Gasteiger partial charge on any atom is 0.332 e. The number of aryl methyl sites for hydroxylation is 1. The van der Waals surface area contributed by atoms with E-state index >= 15 is 0 Å². The van der Waals surface area contributed by atoms with Gasteiger partial charge in [-0.3, -0.25) is 0 Å². The lowest BCUT2D eigenvalue weighted by Crippen LogP contribution is -2.36. The zero-order valence-electron chi connectivity index (χ0n) is 8.73. The van der Waals surface area contributed by atoms with Crippen molar-refractivity contribution in [2.45, 2.75) is 11.8 Å². The maximum atomic E-state index is 11.6. The fourth-order valence-corrected chi connectivity index (χ4v) is 1.94. The van der Waals surface area contributed by atoms with Crippen molar-refractivity contribution in [3.63, 3.8) is 0 Å². The van der Waals surface area contributed by atoms with Gasteiger partial charge in [-0.2, -0.15) is 0 Å². The first kappa shape index (κ1) is 12.3. The first-order chi connectivity index (χ1) is 7.45. The van der Waals surface area contributed by atoms with Crippen molar-refractivity contribution in [2.75, 3.05) is 0 Å². The predicted octanol–water partition coefficient (Wildman–Crippen LogP) is 1.13. The molecule has 0 aliphatic heterocycles. The number of carbonyl (C=O) groups excluding carboxylic acids is 1. The average Bonchev–Trinajstić information content (AvgIpc) is 2.17. The molecule has 0 atom stereocenters. The molecule has 2 N–H and O–H groups in total. The Hall–Kier alpha value is -1.82. The molecule has 0 aliphatic rings. The molecule has 0 unspecified atom stereocenters. The zero-order chi connectivity index (χ0) is 12.2. The minimum absolute atomic E-state index is 0.0392. The lowest BCUT2D eigenvalue weighted by Gasteiger charge is -2.06. The van der Waals surface area contributed by atoms with Crippen LogP contribution in [0, 0.1) is 6.92 Å². The van der Waals surface area contributed by atoms with Gasteiger partial charge in [-0.25, -0.2) is 17.9 Å². The van der Waals surface area contributed by atoms with Crippen molar-refractivity contribution in [3.8, 4) is 0 Å². The summed E-state index contributed by atoms with van der Waals surface area (Å²) in [6.45, 7) is 5.09. The van der Waals surface area contributed by atoms with Crippen LogP contribution in [0.1, 0.15) is 5.56 Å². The van der Waals surface area contributed by atoms with Crippen LogP contribution < -0.4 is 10.0 Å². The second-order valence-electron chi connectivity index (χ2n) is 3.10. The molecule has 0 bridgehead atoms. The number of amides is 2. The Labute approximate surface area is 94.2 Å². The third-order valence-electron chi connectivity index (χ3n) is 1.79. The molecule has 0 aromatic heterocycles. The van der Waals surface area contributed by atoms with Crippen LogP contribution in [0.3, 0.4) is 0 Å². The van der Waals surface area contributed by atoms with Crippen molar-refractivity contribution < 1.29 is 13.2 Å². The van der Waals surface area contributed by atoms with E-state index < -0.39 is 16.1 Å². The van der Waals surface area contributed by atoms with Crippen LogP contribution in [0.25, 0.3) is 0 Å². The minimum Gasteiger partial charge on any atom is -0.314 e. The zero-order valence-corrected chi connectivity index (χ0v) is 9.54. The molecule has 0 saturated heterocycles. The van der Waals surface area contributed by atoms with E-state index in [1.165, 1.54) is 12.1 Å². The van der Waals surface area contributed by atoms with E-state index in [0.717, 1.165) is 11.8 Å². The third kappa shape index (κ3) is 3.09. The van der Waals surface area contributed by atoms with Gasteiger partial charge in [0.25, 0.3) is 10.0 Å². The first-order valence-electron chi connectivity index (χ1n) is 4.46. The van der Waals surface area contributed by atoms with Crippen molar-refractivity contribution in [2.24, 2.45) is 0 Å². The first-order valence-corrected chi connectivity index (χ1v) is 5.95. The fourth-order valence-electron chi connectivity index (χ4n) is 1.02. The summed E-state index contributed by atoms with van der Waals surface area (Å²) < 4.78 is 25.1. The molecule has 0 aliphatic carbocycles. The molecule has 0 heterocycles. The van der Waals surface area contributed by atoms with Gasteiger partial charge in [0.1, 0.15) is 0 Å². The standard InChI is InChI=1S/C10H12N2O3S/c1-3-11-10(13)12-16(14,15)9-6-4-8(2)5-7-9/h3-7H,1H2,2H3,(H2,11,12,13). The third-order valence-corrected chi connectivity index (χ3v) is 3.14. The van der Waals surface area contributed by atoms with Gasteiger partial charge in [0.2, 0.25) is 0 Å². The summed E-state index contributed by atoms with van der Waals surface area (Å²) in [6.07, 6.45) is 1.10. The van der Waals surface area contributed by atoms with Crippen LogP contribution >= 0.6 is 0 Å². The highest BCUT2D eigenvalue weighted by atomic mass is 32.2. The molecule has 0 spiro atoms. The highest BCUT2D eigenvalue weighted by Crippen LogP contribution is 2.09. The van der Waals surface area contributed by atoms with Crippen LogP contribution in [0.2, 0.25) is 0 Å². The Morgan fingerprint density at radius 2 is 1.88 bits per heavy atom. The monoisotopic (exact) mass is 240 g/mol. The Morgan fingerprint density at radius 3 is 2.38 bits per heavy atom. The van der Waals surface area contributed by atoms with E-state index in [0.29, 0.717) is 0 Å². The van der Waals surface area contributed by atoms with Gasteiger partial charge >= 0.3 is 6.03 Å². The number of hydrogen-bond donors (Lipinski definition) is 2. The van der Waals surface area contributed by atoms with Gasteiger partial charge in [-0.05, 0) is 25.3 Å². The molecule has 16 heavy (non-hydrogen) atoms. The predicted molar refractivity (Wildman–Crippen MR) is 60.2 cm³/mol. The molecule has 2 amide bonds. The molecule has 0 saturated carbocycles. The van der Waals surface area contributed by atoms with E-state index in [1.54, 1.807) is 12.1 Å². The van der Waals surface area contributed by atoms with Crippen LogP contribution in [0.15, 0.2) is 41.9 Å². The fraction of sp³-hybridized carbons (Fsp3) is 0.100. The SMILES string of the molecule is C=CNC(=O)NS(=O)(=O)c1ccc(C)cc1. The quantitative estimate of drug-likeness (QED) is 0.831. The largest absolute Gasteiger partial charge is 0.332 e. The van der Waals surface area contributed by atoms with Gasteiger partial charge < -0.3 is 5.32 Å². The Balaban J connectivity index is 2.90. The van der Waals surface area contributed by atoms with Gasteiger partial charge in [0.15, 0.2) is 0 Å². The summed E-state index contributed by atoms with van der Waals surface area (Å²) in [7, 11) is -3.81. The van der Waals surface area contributed by atoms with Gasteiger partial charge in [0, 0.05) is 0 Å². The van der Waals surface area contributed by atoms with Crippen molar-refractivity contribution >= 4 is 16.1 Å². The second kappa shape index (κ2) is 4.80. The molecule has 1 rings (SSSR count). The van der Waals surface area contributed by atoms with E-state index in [9.17, 15) is 13.2 Å². The average molecular weight is 240 g/mol. The van der Waals surface area contributed by atoms with E-state index in [-0.39, 0.29) is 4.90 Å². The van der Waals surface area contributed by atoms with Crippen molar-refractivity contribution in [3.05, 3.63) is 42.6 Å². The van der Waals surface area contributed by atoms with Crippen LogP contribution in [0.4, 0.5) is 4.79 Å². The topological polar surface area (TPSA) is 75.3 Å². The molecular weight excluding hydrogens is 228 g/mol. The minimum atomic E-state index is -3.81. The number of urea groups is 1. The summed E-state index contributed by atoms with van der Waals surface area (Å²) in [5.41, 5.74) is 0.939. The molecule has 0 radical (unpaired) electrons. The lowest BCUT2D eigenvalue weighted by atomic mass is 10.2. The van der Waals surface area contributed by atoms with Crippen LogP contribution in [0.5, 0.6) is 0 Å².